The molecule has 0 N–H and O–H groups in total. The molecule has 0 heterocycles. The highest BCUT2D eigenvalue weighted by Crippen LogP contribution is 2.45. The van der Waals surface area contributed by atoms with Crippen LogP contribution in [0.3, 0.4) is 0 Å². The first-order valence-electron chi connectivity index (χ1n) is 5.94. The lowest BCUT2D eigenvalue weighted by Crippen LogP contribution is -2.25. The van der Waals surface area contributed by atoms with Crippen molar-refractivity contribution in [1.82, 2.24) is 0 Å². The quantitative estimate of drug-likeness (QED) is 0.627. The molecule has 2 rings (SSSR count). The molecule has 104 valence electrons. The minimum atomic E-state index is -3.52. The summed E-state index contributed by atoms with van der Waals surface area (Å²) in [6.45, 7) is 1.82. The molecule has 0 aromatic heterocycles. The van der Waals surface area contributed by atoms with Gasteiger partial charge in [0.15, 0.2) is 0 Å². The van der Waals surface area contributed by atoms with Crippen LogP contribution >= 0.6 is 0 Å². The summed E-state index contributed by atoms with van der Waals surface area (Å²) in [4.78, 5) is 10.5. The predicted molar refractivity (Wildman–Crippen MR) is 73.1 cm³/mol. The largest absolute Gasteiger partial charge is 0.293 e. The van der Waals surface area contributed by atoms with Crippen LogP contribution in [0.15, 0.2) is 12.1 Å². The van der Waals surface area contributed by atoms with E-state index in [2.05, 4.69) is 0 Å². The van der Waals surface area contributed by atoms with E-state index in [0.29, 0.717) is 5.92 Å². The predicted octanol–water partition coefficient (Wildman–Crippen LogP) is 2.18. The van der Waals surface area contributed by atoms with E-state index in [-0.39, 0.29) is 11.4 Å². The van der Waals surface area contributed by atoms with Crippen molar-refractivity contribution < 1.29 is 13.3 Å². The molecular formula is C12H16N2O4S. The molecular weight excluding hydrogens is 268 g/mol. The fraction of sp³-hybridized carbons (Fsp3) is 0.500. The highest BCUT2D eigenvalue weighted by atomic mass is 32.2. The van der Waals surface area contributed by atoms with Gasteiger partial charge in [0.2, 0.25) is 10.0 Å². The fourth-order valence-corrected chi connectivity index (χ4v) is 2.61. The first-order chi connectivity index (χ1) is 8.71. The van der Waals surface area contributed by atoms with E-state index in [0.717, 1.165) is 34.5 Å². The monoisotopic (exact) mass is 284 g/mol. The van der Waals surface area contributed by atoms with E-state index in [1.807, 2.05) is 6.92 Å². The second kappa shape index (κ2) is 4.48. The second-order valence-corrected chi connectivity index (χ2v) is 6.97. The summed E-state index contributed by atoms with van der Waals surface area (Å²) in [7, 11) is -2.18. The number of anilines is 1. The van der Waals surface area contributed by atoms with Gasteiger partial charge in [-0.1, -0.05) is 0 Å². The Morgan fingerprint density at radius 3 is 2.37 bits per heavy atom. The molecule has 7 heteroatoms. The Labute approximate surface area is 112 Å². The normalized spacial score (nSPS) is 15.3. The average Bonchev–Trinajstić information content (AvgIpc) is 3.10. The third-order valence-corrected chi connectivity index (χ3v) is 4.61. The Balaban J connectivity index is 2.62. The molecule has 0 aliphatic heterocycles. The molecule has 1 aromatic rings. The number of benzene rings is 1. The molecule has 0 spiro atoms. The van der Waals surface area contributed by atoms with Gasteiger partial charge in [0, 0.05) is 13.1 Å². The zero-order chi connectivity index (χ0) is 14.4. The standard InChI is InChI=1S/C12H16N2O4S/c1-8-6-12(14(15)16)11(13(2)19(3,17)18)7-10(8)9-4-5-9/h6-7,9H,4-5H2,1-3H3. The third kappa shape index (κ3) is 2.70. The molecule has 1 fully saturated rings. The highest BCUT2D eigenvalue weighted by Gasteiger charge is 2.30. The van der Waals surface area contributed by atoms with Crippen molar-refractivity contribution in [3.8, 4) is 0 Å². The van der Waals surface area contributed by atoms with Gasteiger partial charge < -0.3 is 0 Å². The third-order valence-electron chi connectivity index (χ3n) is 3.41. The molecule has 0 atom stereocenters. The molecule has 1 aromatic carbocycles. The number of nitrogens with zero attached hydrogens (tertiary/aromatic N) is 2. The van der Waals surface area contributed by atoms with Crippen molar-refractivity contribution in [3.63, 3.8) is 0 Å². The summed E-state index contributed by atoms with van der Waals surface area (Å²) in [5, 5.41) is 11.1. The summed E-state index contributed by atoms with van der Waals surface area (Å²) in [5.41, 5.74) is 1.82. The maximum absolute atomic E-state index is 11.6. The van der Waals surface area contributed by atoms with Gasteiger partial charge in [-0.2, -0.15) is 0 Å². The van der Waals surface area contributed by atoms with Crippen molar-refractivity contribution in [3.05, 3.63) is 33.4 Å². The smallest absolute Gasteiger partial charge is 0.267 e. The number of nitro groups is 1. The number of rotatable bonds is 4. The van der Waals surface area contributed by atoms with Crippen LogP contribution in [0.2, 0.25) is 0 Å². The maximum Gasteiger partial charge on any atom is 0.293 e. The maximum atomic E-state index is 11.6. The Kier molecular flexibility index (Phi) is 3.25. The summed E-state index contributed by atoms with van der Waals surface area (Å²) in [5.74, 6) is 0.410. The van der Waals surface area contributed by atoms with Crippen LogP contribution in [0.25, 0.3) is 0 Å². The summed E-state index contributed by atoms with van der Waals surface area (Å²) in [6.07, 6.45) is 3.15. The average molecular weight is 284 g/mol. The first kappa shape index (κ1) is 13.8. The highest BCUT2D eigenvalue weighted by molar-refractivity contribution is 7.92. The molecule has 1 aliphatic carbocycles. The Bertz CT molecular complexity index is 635. The summed E-state index contributed by atoms with van der Waals surface area (Å²) in [6, 6.07) is 3.11. The molecule has 0 unspecified atom stereocenters. The number of hydrogen-bond donors (Lipinski definition) is 0. The van der Waals surface area contributed by atoms with Gasteiger partial charge in [-0.3, -0.25) is 14.4 Å². The van der Waals surface area contributed by atoms with Gasteiger partial charge in [0.25, 0.3) is 5.69 Å². The summed E-state index contributed by atoms with van der Waals surface area (Å²) >= 11 is 0. The molecule has 6 nitrogen and oxygen atoms in total. The van der Waals surface area contributed by atoms with Crippen molar-refractivity contribution in [1.29, 1.82) is 0 Å². The number of hydrogen-bond acceptors (Lipinski definition) is 4. The fourth-order valence-electron chi connectivity index (χ4n) is 2.11. The summed E-state index contributed by atoms with van der Waals surface area (Å²) < 4.78 is 24.2. The van der Waals surface area contributed by atoms with Crippen molar-refractivity contribution >= 4 is 21.4 Å². The lowest BCUT2D eigenvalue weighted by molar-refractivity contribution is -0.384. The Morgan fingerprint density at radius 1 is 1.37 bits per heavy atom. The van der Waals surface area contributed by atoms with Crippen molar-refractivity contribution in [2.75, 3.05) is 17.6 Å². The number of sulfonamides is 1. The molecule has 0 bridgehead atoms. The SMILES string of the molecule is Cc1cc([N+](=O)[O-])c(N(C)S(C)(=O)=O)cc1C1CC1. The minimum absolute atomic E-state index is 0.139. The van der Waals surface area contributed by atoms with E-state index >= 15 is 0 Å². The van der Waals surface area contributed by atoms with E-state index < -0.39 is 14.9 Å². The molecule has 0 saturated heterocycles. The molecule has 1 saturated carbocycles. The van der Waals surface area contributed by atoms with Gasteiger partial charge in [0.05, 0.1) is 11.2 Å². The second-order valence-electron chi connectivity index (χ2n) is 4.96. The van der Waals surface area contributed by atoms with Gasteiger partial charge >= 0.3 is 0 Å². The lowest BCUT2D eigenvalue weighted by Gasteiger charge is -2.18. The zero-order valence-corrected chi connectivity index (χ0v) is 11.9. The zero-order valence-electron chi connectivity index (χ0n) is 11.1. The Hall–Kier alpha value is -1.63. The van der Waals surface area contributed by atoms with E-state index in [4.69, 9.17) is 0 Å². The van der Waals surface area contributed by atoms with E-state index in [1.165, 1.54) is 13.1 Å². The number of aryl methyl sites for hydroxylation is 1. The van der Waals surface area contributed by atoms with Crippen molar-refractivity contribution in [2.24, 2.45) is 0 Å². The minimum Gasteiger partial charge on any atom is -0.267 e. The van der Waals surface area contributed by atoms with Crippen LogP contribution in [0.4, 0.5) is 11.4 Å². The van der Waals surface area contributed by atoms with Crippen LogP contribution in [-0.2, 0) is 10.0 Å². The van der Waals surface area contributed by atoms with E-state index in [9.17, 15) is 18.5 Å². The molecule has 1 aliphatic rings. The molecule has 19 heavy (non-hydrogen) atoms. The van der Waals surface area contributed by atoms with Crippen LogP contribution in [-0.4, -0.2) is 26.6 Å². The molecule has 0 radical (unpaired) electrons. The molecule has 0 amide bonds. The van der Waals surface area contributed by atoms with Crippen LogP contribution in [0.1, 0.15) is 29.9 Å². The Morgan fingerprint density at radius 2 is 1.95 bits per heavy atom. The lowest BCUT2D eigenvalue weighted by atomic mass is 10.0. The van der Waals surface area contributed by atoms with Gasteiger partial charge in [0.1, 0.15) is 5.69 Å². The first-order valence-corrected chi connectivity index (χ1v) is 7.79. The van der Waals surface area contributed by atoms with E-state index in [1.54, 1.807) is 6.07 Å². The van der Waals surface area contributed by atoms with Crippen molar-refractivity contribution in [2.45, 2.75) is 25.7 Å². The van der Waals surface area contributed by atoms with Crippen LogP contribution < -0.4 is 4.31 Å². The van der Waals surface area contributed by atoms with Gasteiger partial charge in [-0.05, 0) is 42.9 Å². The topological polar surface area (TPSA) is 80.5 Å². The van der Waals surface area contributed by atoms with Gasteiger partial charge in [-0.15, -0.1) is 0 Å². The van der Waals surface area contributed by atoms with Crippen LogP contribution in [0.5, 0.6) is 0 Å². The van der Waals surface area contributed by atoms with Gasteiger partial charge in [-0.25, -0.2) is 8.42 Å². The van der Waals surface area contributed by atoms with Crippen LogP contribution in [0, 0.1) is 17.0 Å². The number of nitro benzene ring substituents is 1.